The maximum absolute atomic E-state index is 12.7. The Kier molecular flexibility index (Phi) is 3.03. The van der Waals surface area contributed by atoms with Crippen molar-refractivity contribution in [1.82, 2.24) is 0 Å². The van der Waals surface area contributed by atoms with Gasteiger partial charge in [-0.3, -0.25) is 0 Å². The number of aryl methyl sites for hydroxylation is 1. The first-order valence-corrected chi connectivity index (χ1v) is 5.30. The van der Waals surface area contributed by atoms with E-state index >= 15 is 0 Å². The Labute approximate surface area is 89.2 Å². The molecule has 0 unspecified atom stereocenters. The Balaban J connectivity index is 1.85. The summed E-state index contributed by atoms with van der Waals surface area (Å²) in [6, 6.07) is 6.70. The van der Waals surface area contributed by atoms with Crippen LogP contribution in [0, 0.1) is 11.2 Å². The second-order valence-corrected chi connectivity index (χ2v) is 4.44. The predicted molar refractivity (Wildman–Crippen MR) is 56.5 cm³/mol. The fourth-order valence-electron chi connectivity index (χ4n) is 1.88. The molecule has 0 radical (unpaired) electrons. The van der Waals surface area contributed by atoms with Crippen molar-refractivity contribution in [3.05, 3.63) is 35.6 Å². The third kappa shape index (κ3) is 2.76. The fourth-order valence-corrected chi connectivity index (χ4v) is 1.88. The summed E-state index contributed by atoms with van der Waals surface area (Å²) in [6.45, 7) is 0.647. The zero-order valence-corrected chi connectivity index (χ0v) is 8.71. The summed E-state index contributed by atoms with van der Waals surface area (Å²) in [5, 5.41) is 0. The van der Waals surface area contributed by atoms with E-state index < -0.39 is 0 Å². The summed E-state index contributed by atoms with van der Waals surface area (Å²) in [4.78, 5) is 4.72. The Hall–Kier alpha value is -0.930. The van der Waals surface area contributed by atoms with Gasteiger partial charge >= 0.3 is 0 Å². The number of halogens is 1. The average molecular weight is 209 g/mol. The maximum atomic E-state index is 12.7. The molecular weight excluding hydrogens is 193 g/mol. The van der Waals surface area contributed by atoms with Gasteiger partial charge in [-0.1, -0.05) is 12.1 Å². The minimum atomic E-state index is -0.176. The molecule has 0 bridgehead atoms. The van der Waals surface area contributed by atoms with Gasteiger partial charge in [-0.2, -0.15) is 0 Å². The van der Waals surface area contributed by atoms with Crippen LogP contribution in [0.1, 0.15) is 24.8 Å². The van der Waals surface area contributed by atoms with E-state index in [9.17, 15) is 4.39 Å². The molecule has 1 saturated carbocycles. The molecule has 1 aromatic rings. The van der Waals surface area contributed by atoms with E-state index in [0.717, 1.165) is 12.8 Å². The largest absolute Gasteiger partial charge is 0.304 e. The quantitative estimate of drug-likeness (QED) is 0.756. The Morgan fingerprint density at radius 2 is 1.93 bits per heavy atom. The molecule has 0 amide bonds. The number of benzene rings is 1. The van der Waals surface area contributed by atoms with Crippen LogP contribution < -0.4 is 5.90 Å². The lowest BCUT2D eigenvalue weighted by molar-refractivity contribution is 0.0882. The summed E-state index contributed by atoms with van der Waals surface area (Å²) < 4.78 is 12.7. The standard InChI is InChI=1S/C12H16FNO/c13-11-3-1-10(2-4-11)5-6-12(7-8-12)9-15-14/h1-4H,5-9,14H2. The Morgan fingerprint density at radius 1 is 1.27 bits per heavy atom. The van der Waals surface area contributed by atoms with E-state index in [4.69, 9.17) is 10.7 Å². The molecular formula is C12H16FNO. The molecule has 0 aliphatic heterocycles. The summed E-state index contributed by atoms with van der Waals surface area (Å²) in [7, 11) is 0. The molecule has 1 aliphatic rings. The van der Waals surface area contributed by atoms with E-state index in [-0.39, 0.29) is 5.82 Å². The maximum Gasteiger partial charge on any atom is 0.123 e. The summed E-state index contributed by atoms with van der Waals surface area (Å²) >= 11 is 0. The van der Waals surface area contributed by atoms with Crippen molar-refractivity contribution in [1.29, 1.82) is 0 Å². The highest BCUT2D eigenvalue weighted by Crippen LogP contribution is 2.49. The third-order valence-electron chi connectivity index (χ3n) is 3.20. The van der Waals surface area contributed by atoms with Crippen LogP contribution in [0.5, 0.6) is 0 Å². The highest BCUT2D eigenvalue weighted by molar-refractivity contribution is 5.16. The van der Waals surface area contributed by atoms with Crippen molar-refractivity contribution in [2.24, 2.45) is 11.3 Å². The molecule has 2 N–H and O–H groups in total. The highest BCUT2D eigenvalue weighted by atomic mass is 19.1. The molecule has 2 rings (SSSR count). The van der Waals surface area contributed by atoms with Crippen LogP contribution in [0.4, 0.5) is 4.39 Å². The van der Waals surface area contributed by atoms with Crippen LogP contribution >= 0.6 is 0 Å². The predicted octanol–water partition coefficient (Wildman–Crippen LogP) is 2.43. The first-order chi connectivity index (χ1) is 7.24. The van der Waals surface area contributed by atoms with Crippen molar-refractivity contribution >= 4 is 0 Å². The minimum absolute atomic E-state index is 0.176. The van der Waals surface area contributed by atoms with Crippen LogP contribution in [0.2, 0.25) is 0 Å². The van der Waals surface area contributed by atoms with Crippen LogP contribution in [0.15, 0.2) is 24.3 Å². The lowest BCUT2D eigenvalue weighted by Gasteiger charge is -2.12. The fraction of sp³-hybridized carbons (Fsp3) is 0.500. The van der Waals surface area contributed by atoms with Crippen LogP contribution in [0.25, 0.3) is 0 Å². The van der Waals surface area contributed by atoms with E-state index in [0.29, 0.717) is 12.0 Å². The van der Waals surface area contributed by atoms with Gasteiger partial charge in [0.05, 0.1) is 6.61 Å². The molecule has 15 heavy (non-hydrogen) atoms. The van der Waals surface area contributed by atoms with Crippen LogP contribution in [-0.4, -0.2) is 6.61 Å². The van der Waals surface area contributed by atoms with Crippen molar-refractivity contribution in [3.63, 3.8) is 0 Å². The van der Waals surface area contributed by atoms with Gasteiger partial charge in [0.1, 0.15) is 5.82 Å². The first-order valence-electron chi connectivity index (χ1n) is 5.30. The normalized spacial score (nSPS) is 17.7. The van der Waals surface area contributed by atoms with Gasteiger partial charge in [0.15, 0.2) is 0 Å². The van der Waals surface area contributed by atoms with Crippen LogP contribution in [0.3, 0.4) is 0 Å². The number of hydrogen-bond acceptors (Lipinski definition) is 2. The monoisotopic (exact) mass is 209 g/mol. The lowest BCUT2D eigenvalue weighted by Crippen LogP contribution is -2.14. The van der Waals surface area contributed by atoms with E-state index in [1.165, 1.54) is 30.5 Å². The number of hydrogen-bond donors (Lipinski definition) is 1. The highest BCUT2D eigenvalue weighted by Gasteiger charge is 2.42. The van der Waals surface area contributed by atoms with Crippen molar-refractivity contribution in [2.45, 2.75) is 25.7 Å². The zero-order valence-electron chi connectivity index (χ0n) is 8.71. The molecule has 0 atom stereocenters. The molecule has 3 heteroatoms. The van der Waals surface area contributed by atoms with Gasteiger partial charge in [0.2, 0.25) is 0 Å². The SMILES string of the molecule is NOCC1(CCc2ccc(F)cc2)CC1. The van der Waals surface area contributed by atoms with E-state index in [2.05, 4.69) is 0 Å². The van der Waals surface area contributed by atoms with Gasteiger partial charge in [-0.15, -0.1) is 0 Å². The summed E-state index contributed by atoms with van der Waals surface area (Å²) in [5.74, 6) is 4.92. The second-order valence-electron chi connectivity index (χ2n) is 4.44. The van der Waals surface area contributed by atoms with Crippen molar-refractivity contribution in [3.8, 4) is 0 Å². The van der Waals surface area contributed by atoms with Gasteiger partial charge in [-0.05, 0) is 48.8 Å². The van der Waals surface area contributed by atoms with Gasteiger partial charge < -0.3 is 4.84 Å². The molecule has 0 aromatic heterocycles. The summed E-state index contributed by atoms with van der Waals surface area (Å²) in [6.07, 6.45) is 4.45. The van der Waals surface area contributed by atoms with Crippen molar-refractivity contribution in [2.75, 3.05) is 6.61 Å². The summed E-state index contributed by atoms with van der Waals surface area (Å²) in [5.41, 5.74) is 1.49. The lowest BCUT2D eigenvalue weighted by atomic mass is 9.98. The Bertz CT molecular complexity index is 319. The second kappa shape index (κ2) is 4.29. The third-order valence-corrected chi connectivity index (χ3v) is 3.20. The topological polar surface area (TPSA) is 35.2 Å². The van der Waals surface area contributed by atoms with E-state index in [1.54, 1.807) is 0 Å². The van der Waals surface area contributed by atoms with E-state index in [1.807, 2.05) is 12.1 Å². The minimum Gasteiger partial charge on any atom is -0.304 e. The average Bonchev–Trinajstić information content (AvgIpc) is 2.99. The zero-order chi connectivity index (χ0) is 10.7. The molecule has 0 heterocycles. The first kappa shape index (κ1) is 10.6. The molecule has 0 saturated heterocycles. The number of rotatable bonds is 5. The molecule has 2 nitrogen and oxygen atoms in total. The molecule has 0 spiro atoms. The Morgan fingerprint density at radius 3 is 2.47 bits per heavy atom. The smallest absolute Gasteiger partial charge is 0.123 e. The molecule has 1 aliphatic carbocycles. The van der Waals surface area contributed by atoms with Gasteiger partial charge in [-0.25, -0.2) is 10.3 Å². The molecule has 1 fully saturated rings. The van der Waals surface area contributed by atoms with Crippen molar-refractivity contribution < 1.29 is 9.23 Å². The molecule has 1 aromatic carbocycles. The van der Waals surface area contributed by atoms with Gasteiger partial charge in [0.25, 0.3) is 0 Å². The molecule has 82 valence electrons. The number of nitrogens with two attached hydrogens (primary N) is 1. The van der Waals surface area contributed by atoms with Gasteiger partial charge in [0, 0.05) is 0 Å². The van der Waals surface area contributed by atoms with Crippen LogP contribution in [-0.2, 0) is 11.3 Å².